The Morgan fingerprint density at radius 3 is 2.94 bits per heavy atom. The highest BCUT2D eigenvalue weighted by Crippen LogP contribution is 2.49. The molecule has 8 nitrogen and oxygen atoms in total. The molecule has 0 fully saturated rings. The third kappa shape index (κ3) is 2.79. The molecule has 0 saturated heterocycles. The molecule has 5 aromatic rings. The lowest BCUT2D eigenvalue weighted by atomic mass is 10.1. The first-order valence-electron chi connectivity index (χ1n) is 10.6. The Hall–Kier alpha value is -4.11. The molecule has 7 rings (SSSR count). The van der Waals surface area contributed by atoms with E-state index in [4.69, 9.17) is 9.98 Å². The van der Waals surface area contributed by atoms with Gasteiger partial charge in [-0.3, -0.25) is 10.1 Å². The molecule has 33 heavy (non-hydrogen) atoms. The number of rotatable bonds is 4. The van der Waals surface area contributed by atoms with E-state index in [0.717, 1.165) is 61.3 Å². The van der Waals surface area contributed by atoms with E-state index >= 15 is 0 Å². The molecule has 0 spiro atoms. The molecule has 9 heteroatoms. The zero-order valence-electron chi connectivity index (χ0n) is 17.9. The van der Waals surface area contributed by atoms with E-state index in [9.17, 15) is 0 Å². The third-order valence-electron chi connectivity index (χ3n) is 6.20. The summed E-state index contributed by atoms with van der Waals surface area (Å²) in [6.45, 7) is 0. The molecule has 5 aromatic heterocycles. The predicted molar refractivity (Wildman–Crippen MR) is 128 cm³/mol. The van der Waals surface area contributed by atoms with Crippen LogP contribution < -0.4 is 20.6 Å². The topological polar surface area (TPSA) is 100.0 Å². The molecule has 6 heterocycles. The molecule has 0 radical (unpaired) electrons. The summed E-state index contributed by atoms with van der Waals surface area (Å²) in [5.41, 5.74) is 10.1. The number of nitrogens with zero attached hydrogens (tertiary/aromatic N) is 5. The zero-order valence-corrected chi connectivity index (χ0v) is 18.7. The van der Waals surface area contributed by atoms with Crippen molar-refractivity contribution in [1.29, 1.82) is 0 Å². The summed E-state index contributed by atoms with van der Waals surface area (Å²) in [6, 6.07) is 4.26. The van der Waals surface area contributed by atoms with Gasteiger partial charge in [0.05, 0.1) is 23.1 Å². The highest BCUT2D eigenvalue weighted by atomic mass is 32.1. The van der Waals surface area contributed by atoms with Crippen LogP contribution in [0.15, 0.2) is 58.4 Å². The fraction of sp³-hybridized carbons (Fsp3) is 0.125. The predicted octanol–water partition coefficient (Wildman–Crippen LogP) is 2.41. The second-order valence-corrected chi connectivity index (χ2v) is 9.22. The minimum atomic E-state index is 0.187. The number of H-pyrrole nitrogens is 3. The van der Waals surface area contributed by atoms with Crippen molar-refractivity contribution in [2.24, 2.45) is 10.9 Å². The van der Waals surface area contributed by atoms with E-state index in [1.54, 1.807) is 11.3 Å². The second kappa shape index (κ2) is 6.69. The van der Waals surface area contributed by atoms with Crippen LogP contribution in [-0.2, 0) is 0 Å². The molecule has 0 aromatic carbocycles. The van der Waals surface area contributed by atoms with Crippen LogP contribution in [0, 0.1) is 5.92 Å². The van der Waals surface area contributed by atoms with Gasteiger partial charge in [0.2, 0.25) is 0 Å². The third-order valence-corrected chi connectivity index (χ3v) is 6.88. The van der Waals surface area contributed by atoms with Crippen molar-refractivity contribution in [2.45, 2.75) is 0 Å². The van der Waals surface area contributed by atoms with Crippen molar-refractivity contribution in [3.63, 3.8) is 0 Å². The maximum Gasteiger partial charge on any atom is 0.193 e. The fourth-order valence-electron chi connectivity index (χ4n) is 4.44. The summed E-state index contributed by atoms with van der Waals surface area (Å²) in [5, 5.41) is 12.8. The Bertz CT molecular complexity index is 1700. The first-order valence-corrected chi connectivity index (χ1v) is 11.6. The summed E-state index contributed by atoms with van der Waals surface area (Å²) in [4.78, 5) is 22.9. The van der Waals surface area contributed by atoms with E-state index in [-0.39, 0.29) is 5.92 Å². The quantitative estimate of drug-likeness (QED) is 0.438. The van der Waals surface area contributed by atoms with Crippen LogP contribution >= 0.6 is 11.3 Å². The van der Waals surface area contributed by atoms with Crippen LogP contribution in [0.2, 0.25) is 0 Å². The van der Waals surface area contributed by atoms with Gasteiger partial charge in [0, 0.05) is 42.6 Å². The number of hydrogen-bond donors (Lipinski definition) is 2. The van der Waals surface area contributed by atoms with E-state index in [0.29, 0.717) is 0 Å². The van der Waals surface area contributed by atoms with Crippen molar-refractivity contribution < 1.29 is 4.98 Å². The Kier molecular flexibility index (Phi) is 3.74. The summed E-state index contributed by atoms with van der Waals surface area (Å²) < 4.78 is 0. The number of fused-ring (bicyclic) bond motifs is 3. The molecule has 1 aliphatic carbocycles. The van der Waals surface area contributed by atoms with Gasteiger partial charge in [-0.1, -0.05) is 6.08 Å². The van der Waals surface area contributed by atoms with Crippen molar-refractivity contribution in [3.8, 4) is 22.6 Å². The zero-order chi connectivity index (χ0) is 22.1. The van der Waals surface area contributed by atoms with Gasteiger partial charge in [-0.05, 0) is 28.5 Å². The highest BCUT2D eigenvalue weighted by Gasteiger charge is 2.38. The van der Waals surface area contributed by atoms with Gasteiger partial charge in [-0.25, -0.2) is 15.0 Å². The van der Waals surface area contributed by atoms with E-state index in [1.165, 1.54) is 5.57 Å². The Balaban J connectivity index is 1.30. The normalized spacial score (nSPS) is 16.2. The molecule has 2 aliphatic rings. The van der Waals surface area contributed by atoms with Crippen molar-refractivity contribution in [2.75, 3.05) is 19.0 Å². The lowest BCUT2D eigenvalue weighted by molar-refractivity contribution is -0.375. The number of anilines is 1. The monoisotopic (exact) mass is 451 g/mol. The molecule has 1 unspecified atom stereocenters. The first-order chi connectivity index (χ1) is 16.2. The maximum absolute atomic E-state index is 4.92. The highest BCUT2D eigenvalue weighted by molar-refractivity contribution is 7.08. The molecule has 1 atom stereocenters. The number of aromatic nitrogens is 6. The molecular formula is C24H19N8S+. The summed E-state index contributed by atoms with van der Waals surface area (Å²) in [5.74, 6) is 0.916. The molecular weight excluding hydrogens is 432 g/mol. The smallest absolute Gasteiger partial charge is 0.193 e. The van der Waals surface area contributed by atoms with Crippen LogP contribution in [0.4, 0.5) is 5.69 Å². The minimum absolute atomic E-state index is 0.187. The van der Waals surface area contributed by atoms with Gasteiger partial charge in [0.25, 0.3) is 0 Å². The first kappa shape index (κ1) is 18.5. The van der Waals surface area contributed by atoms with Crippen LogP contribution in [0.3, 0.4) is 0 Å². The van der Waals surface area contributed by atoms with Crippen molar-refractivity contribution in [1.82, 2.24) is 25.1 Å². The molecule has 0 saturated carbocycles. The lowest BCUT2D eigenvalue weighted by Gasteiger charge is -2.12. The average molecular weight is 452 g/mol. The summed E-state index contributed by atoms with van der Waals surface area (Å²) in [6.07, 6.45) is 9.92. The molecule has 0 amide bonds. The van der Waals surface area contributed by atoms with Gasteiger partial charge in [-0.2, -0.15) is 16.4 Å². The number of imidazole rings is 1. The van der Waals surface area contributed by atoms with Crippen LogP contribution in [0.1, 0.15) is 5.56 Å². The maximum atomic E-state index is 4.92. The lowest BCUT2D eigenvalue weighted by Crippen LogP contribution is -2.26. The fourth-order valence-corrected chi connectivity index (χ4v) is 5.10. The number of nitrogens with one attached hydrogen (secondary N) is 3. The summed E-state index contributed by atoms with van der Waals surface area (Å²) in [7, 11) is 4.04. The van der Waals surface area contributed by atoms with Crippen LogP contribution in [-0.4, -0.2) is 39.2 Å². The van der Waals surface area contributed by atoms with E-state index in [2.05, 4.69) is 59.0 Å². The van der Waals surface area contributed by atoms with Gasteiger partial charge >= 0.3 is 0 Å². The largest absolute Gasteiger partial charge is 0.376 e. The van der Waals surface area contributed by atoms with Gasteiger partial charge in [0.15, 0.2) is 23.7 Å². The van der Waals surface area contributed by atoms with Gasteiger partial charge in [0.1, 0.15) is 16.7 Å². The van der Waals surface area contributed by atoms with Gasteiger partial charge < -0.3 is 9.88 Å². The van der Waals surface area contributed by atoms with Gasteiger partial charge in [-0.15, -0.1) is 0 Å². The Labute approximate surface area is 192 Å². The number of hydrogen-bond acceptors (Lipinski definition) is 6. The van der Waals surface area contributed by atoms with E-state index < -0.39 is 0 Å². The number of thiophene rings is 1. The summed E-state index contributed by atoms with van der Waals surface area (Å²) >= 11 is 1.67. The van der Waals surface area contributed by atoms with Crippen LogP contribution in [0.25, 0.3) is 45.3 Å². The Morgan fingerprint density at radius 2 is 2.09 bits per heavy atom. The van der Waals surface area contributed by atoms with Crippen molar-refractivity contribution in [3.05, 3.63) is 69.6 Å². The number of aromatic amines is 3. The number of pyridine rings is 2. The van der Waals surface area contributed by atoms with Crippen molar-refractivity contribution >= 4 is 39.7 Å². The molecule has 1 aliphatic heterocycles. The molecule has 3 N–H and O–H groups in total. The molecule has 0 bridgehead atoms. The minimum Gasteiger partial charge on any atom is -0.376 e. The molecule has 160 valence electrons. The number of allylic oxidation sites excluding steroid dienone is 2. The van der Waals surface area contributed by atoms with Crippen LogP contribution in [0.5, 0.6) is 0 Å². The standard InChI is InChI=1S/C24H18N8S/c1-32(2)14-5-13(7-25-8-14)19-15-6-16-22(30-31-23(16)29-21(15)19)24-27-18-10-26-9-17(20(18)28-24)12-3-4-33-11-12/h3-11,15H,1-2H3,(H,27,28)(H,29,31)/p+1. The second-order valence-electron chi connectivity index (χ2n) is 8.44. The Morgan fingerprint density at radius 1 is 1.15 bits per heavy atom. The SMILES string of the molecule is CN(C)c1cncc(C2=C3N=c4[nH]nc(-c5nc6c(-c7ccsc7)c[nH+]cc6[nH]5)c4=CC32)c1. The average Bonchev–Trinajstić information content (AvgIpc) is 3.26. The van der Waals surface area contributed by atoms with E-state index in [1.807, 2.05) is 38.9 Å².